The van der Waals surface area contributed by atoms with E-state index in [2.05, 4.69) is 34.4 Å². The summed E-state index contributed by atoms with van der Waals surface area (Å²) in [6, 6.07) is 26.1. The Kier molecular flexibility index (Phi) is 12.2. The molecular weight excluding hydrogens is 769 g/mol. The van der Waals surface area contributed by atoms with E-state index in [1.54, 1.807) is 6.07 Å². The second-order valence-corrected chi connectivity index (χ2v) is 17.1. The summed E-state index contributed by atoms with van der Waals surface area (Å²) in [5, 5.41) is 12.6. The van der Waals surface area contributed by atoms with Crippen molar-refractivity contribution in [3.8, 4) is 0 Å². The third-order valence-electron chi connectivity index (χ3n) is 10.6. The number of hydrogen-bond acceptors (Lipinski definition) is 11. The number of allylic oxidation sites excluding steroid dienone is 4. The molecule has 0 spiro atoms. The molecule has 4 aromatic rings. The predicted octanol–water partition coefficient (Wildman–Crippen LogP) is 7.81. The Balaban J connectivity index is 1.41. The van der Waals surface area contributed by atoms with Crippen molar-refractivity contribution in [2.45, 2.75) is 74.2 Å². The Morgan fingerprint density at radius 1 is 0.789 bits per heavy atom. The van der Waals surface area contributed by atoms with Crippen molar-refractivity contribution < 1.29 is 51.2 Å². The van der Waals surface area contributed by atoms with Gasteiger partial charge < -0.3 is 14.4 Å². The van der Waals surface area contributed by atoms with Gasteiger partial charge in [0.2, 0.25) is 5.69 Å². The number of hydrogen-bond donors (Lipinski definition) is 2. The summed E-state index contributed by atoms with van der Waals surface area (Å²) in [5.41, 5.74) is 7.99. The molecule has 0 unspecified atom stereocenters. The quantitative estimate of drug-likeness (QED) is 0.0319. The molecule has 2 aliphatic rings. The Morgan fingerprint density at radius 3 is 1.96 bits per heavy atom. The maximum atomic E-state index is 12.2. The highest BCUT2D eigenvalue weighted by Crippen LogP contribution is 2.49. The maximum absolute atomic E-state index is 12.2. The van der Waals surface area contributed by atoms with Gasteiger partial charge in [0, 0.05) is 51.5 Å². The number of esters is 2. The molecule has 0 radical (unpaired) electrons. The molecule has 2 aliphatic heterocycles. The van der Waals surface area contributed by atoms with Gasteiger partial charge in [-0.3, -0.25) is 14.1 Å². The van der Waals surface area contributed by atoms with Gasteiger partial charge in [0.1, 0.15) is 0 Å². The molecule has 2 heterocycles. The second kappa shape index (κ2) is 16.8. The van der Waals surface area contributed by atoms with Gasteiger partial charge in [-0.15, -0.1) is 4.33 Å². The van der Waals surface area contributed by atoms with Crippen molar-refractivity contribution in [1.29, 1.82) is 0 Å². The smallest absolute Gasteiger partial charge is 0.309 e. The minimum Gasteiger partial charge on any atom is -0.469 e. The van der Waals surface area contributed by atoms with Gasteiger partial charge in [-0.1, -0.05) is 73.5 Å². The number of methoxy groups -OCH3 is 2. The highest BCUT2D eigenvalue weighted by Gasteiger charge is 2.45. The molecule has 0 bridgehead atoms. The first-order chi connectivity index (χ1) is 27.1. The van der Waals surface area contributed by atoms with Crippen LogP contribution in [0.3, 0.4) is 0 Å². The zero-order valence-corrected chi connectivity index (χ0v) is 34.1. The molecule has 298 valence electrons. The van der Waals surface area contributed by atoms with E-state index < -0.39 is 20.9 Å². The van der Waals surface area contributed by atoms with E-state index in [-0.39, 0.29) is 29.7 Å². The molecule has 0 saturated carbocycles. The summed E-state index contributed by atoms with van der Waals surface area (Å²) in [4.78, 5) is 26.4. The fourth-order valence-electron chi connectivity index (χ4n) is 7.51. The van der Waals surface area contributed by atoms with Crippen LogP contribution in [-0.4, -0.2) is 54.7 Å². The summed E-state index contributed by atoms with van der Waals surface area (Å²) in [6.07, 6.45) is 6.47. The fraction of sp³-hybridized carbons (Fsp3) is 0.279. The normalized spacial score (nSPS) is 16.3. The van der Waals surface area contributed by atoms with E-state index in [1.807, 2.05) is 92.7 Å². The molecule has 0 amide bonds. The zero-order valence-electron chi connectivity index (χ0n) is 32.5. The molecular formula is C43H45N2O10S2+. The first kappa shape index (κ1) is 41.5. The lowest BCUT2D eigenvalue weighted by atomic mass is 9.81. The lowest BCUT2D eigenvalue weighted by Gasteiger charge is -2.27. The summed E-state index contributed by atoms with van der Waals surface area (Å²) in [7, 11) is -1.72. The van der Waals surface area contributed by atoms with Gasteiger partial charge >= 0.3 is 11.9 Å². The highest BCUT2D eigenvalue weighted by molar-refractivity contribution is 7.94. The van der Waals surface area contributed by atoms with Crippen molar-refractivity contribution in [2.75, 3.05) is 19.1 Å². The minimum atomic E-state index is -4.45. The molecule has 0 aliphatic carbocycles. The average Bonchev–Trinajstić information content (AvgIpc) is 3.52. The Labute approximate surface area is 336 Å². The number of fused-ring (bicyclic) bond motifs is 2. The van der Waals surface area contributed by atoms with Crippen LogP contribution in [0.1, 0.15) is 61.1 Å². The van der Waals surface area contributed by atoms with Crippen molar-refractivity contribution in [3.63, 3.8) is 0 Å². The molecule has 14 heteroatoms. The molecule has 0 fully saturated rings. The van der Waals surface area contributed by atoms with Gasteiger partial charge in [0.25, 0.3) is 10.1 Å². The van der Waals surface area contributed by atoms with Gasteiger partial charge in [-0.25, -0.2) is 5.26 Å². The Morgan fingerprint density at radius 2 is 1.39 bits per heavy atom. The van der Waals surface area contributed by atoms with E-state index in [1.165, 1.54) is 26.4 Å². The first-order valence-electron chi connectivity index (χ1n) is 18.1. The van der Waals surface area contributed by atoms with Crippen molar-refractivity contribution in [2.24, 2.45) is 0 Å². The van der Waals surface area contributed by atoms with Crippen LogP contribution in [0.2, 0.25) is 0 Å². The maximum Gasteiger partial charge on any atom is 0.309 e. The summed E-state index contributed by atoms with van der Waals surface area (Å²) < 4.78 is 51.1. The SMILES string of the molecule is COC(=O)Cc1ccc(CN2/C(=C/C=C/C3=[N+](Cc4ccc(CC(=O)OC)cc4)c4ccc(SOOO)cc4C3(C)C)C(C)(C)c3cc(S(=O)(=O)O)ccc32)cc1. The van der Waals surface area contributed by atoms with E-state index in [9.17, 15) is 22.6 Å². The van der Waals surface area contributed by atoms with E-state index >= 15 is 0 Å². The first-order valence-corrected chi connectivity index (χ1v) is 20.3. The highest BCUT2D eigenvalue weighted by atomic mass is 32.2. The lowest BCUT2D eigenvalue weighted by Crippen LogP contribution is -2.28. The summed E-state index contributed by atoms with van der Waals surface area (Å²) in [6.45, 7) is 9.30. The summed E-state index contributed by atoms with van der Waals surface area (Å²) in [5.74, 6) is -0.635. The molecule has 0 saturated heterocycles. The van der Waals surface area contributed by atoms with Crippen LogP contribution in [0.4, 0.5) is 11.4 Å². The average molecular weight is 814 g/mol. The topological polar surface area (TPSA) is 152 Å². The minimum absolute atomic E-state index is 0.159. The number of ether oxygens (including phenoxy) is 2. The lowest BCUT2D eigenvalue weighted by molar-refractivity contribution is -0.455. The van der Waals surface area contributed by atoms with Gasteiger partial charge in [-0.05, 0) is 72.5 Å². The predicted molar refractivity (Wildman–Crippen MR) is 216 cm³/mol. The van der Waals surface area contributed by atoms with Crippen molar-refractivity contribution >= 4 is 51.2 Å². The van der Waals surface area contributed by atoms with Gasteiger partial charge in [0.15, 0.2) is 12.3 Å². The van der Waals surface area contributed by atoms with E-state index in [0.717, 1.165) is 73.1 Å². The third kappa shape index (κ3) is 8.91. The third-order valence-corrected chi connectivity index (χ3v) is 12.0. The number of nitrogens with zero attached hydrogens (tertiary/aromatic N) is 2. The van der Waals surface area contributed by atoms with Crippen LogP contribution >= 0.6 is 12.0 Å². The fourth-order valence-corrected chi connectivity index (χ4v) is 8.42. The standard InChI is InChI=1S/C43H44N2O10S2/c1-42(2)34-24-32(56-55-54-48)18-20-36(34)44(26-30-14-10-28(11-15-30)22-40(46)52-5)38(42)8-7-9-39-43(3,4)35-25-33(57(49,50)51)19-21-37(35)45(39)27-31-16-12-29(13-17-31)23-41(47)53-6/h7-21,24-25H,22-23,26-27H2,1-6H3,(H-,48,49,50,51)/p+1. The van der Waals surface area contributed by atoms with Crippen LogP contribution in [0.25, 0.3) is 0 Å². The van der Waals surface area contributed by atoms with Gasteiger partial charge in [0.05, 0.1) is 49.4 Å². The molecule has 6 rings (SSSR count). The number of benzene rings is 4. The van der Waals surface area contributed by atoms with Crippen LogP contribution in [0.5, 0.6) is 0 Å². The van der Waals surface area contributed by atoms with Crippen molar-refractivity contribution in [1.82, 2.24) is 0 Å². The number of carbonyl (C=O) groups excluding carboxylic acids is 2. The van der Waals surface area contributed by atoms with Gasteiger partial charge in [-0.2, -0.15) is 13.0 Å². The van der Waals surface area contributed by atoms with E-state index in [4.69, 9.17) is 19.1 Å². The van der Waals surface area contributed by atoms with Crippen LogP contribution in [0, 0.1) is 0 Å². The monoisotopic (exact) mass is 813 g/mol. The molecule has 57 heavy (non-hydrogen) atoms. The second-order valence-electron chi connectivity index (χ2n) is 14.9. The van der Waals surface area contributed by atoms with Crippen LogP contribution in [-0.2, 0) is 75.3 Å². The zero-order chi connectivity index (χ0) is 41.1. The number of carbonyl (C=O) groups is 2. The van der Waals surface area contributed by atoms with E-state index in [0.29, 0.717) is 13.1 Å². The van der Waals surface area contributed by atoms with Crippen LogP contribution in [0.15, 0.2) is 119 Å². The Bertz CT molecular complexity index is 2380. The molecule has 4 aromatic carbocycles. The van der Waals surface area contributed by atoms with Crippen molar-refractivity contribution in [3.05, 3.63) is 142 Å². The van der Waals surface area contributed by atoms with Crippen LogP contribution < -0.4 is 4.90 Å². The number of rotatable bonds is 14. The molecule has 0 atom stereocenters. The number of anilines is 1. The largest absolute Gasteiger partial charge is 0.469 e. The summed E-state index contributed by atoms with van der Waals surface area (Å²) >= 11 is 0.893. The molecule has 12 nitrogen and oxygen atoms in total. The Hall–Kier alpha value is -5.09. The molecule has 2 N–H and O–H groups in total. The molecule has 0 aromatic heterocycles.